The predicted molar refractivity (Wildman–Crippen MR) is 91.2 cm³/mol. The van der Waals surface area contributed by atoms with E-state index in [-0.39, 0.29) is 16.7 Å². The predicted octanol–water partition coefficient (Wildman–Crippen LogP) is 1.84. The summed E-state index contributed by atoms with van der Waals surface area (Å²) in [5, 5.41) is 0.932. The Bertz CT molecular complexity index is 805. The van der Waals surface area contributed by atoms with Crippen molar-refractivity contribution in [1.82, 2.24) is 9.55 Å². The van der Waals surface area contributed by atoms with Gasteiger partial charge in [0.25, 0.3) is 5.56 Å². The van der Waals surface area contributed by atoms with E-state index in [1.807, 2.05) is 12.1 Å². The van der Waals surface area contributed by atoms with Gasteiger partial charge in [-0.1, -0.05) is 0 Å². The lowest BCUT2D eigenvalue weighted by molar-refractivity contribution is -0.157. The first-order chi connectivity index (χ1) is 11.5. The Balaban J connectivity index is 1.62. The second-order valence-electron chi connectivity index (χ2n) is 7.17. The minimum Gasteiger partial charge on any atom is -0.481 e. The number of pyridine rings is 2. The Hall–Kier alpha value is -1.92. The molecule has 3 fully saturated rings. The lowest BCUT2D eigenvalue weighted by atomic mass is 9.70. The van der Waals surface area contributed by atoms with Gasteiger partial charge in [0.2, 0.25) is 5.88 Å². The number of nitrogens with two attached hydrogens (primary N) is 1. The molecule has 0 amide bonds. The molecule has 0 radical (unpaired) electrons. The molecule has 2 aromatic heterocycles. The summed E-state index contributed by atoms with van der Waals surface area (Å²) in [6, 6.07) is 7.14. The third kappa shape index (κ3) is 2.59. The summed E-state index contributed by atoms with van der Waals surface area (Å²) in [7, 11) is 1.58. The summed E-state index contributed by atoms with van der Waals surface area (Å²) in [4.78, 5) is 16.8. The zero-order valence-corrected chi connectivity index (χ0v) is 14.0. The molecule has 6 heteroatoms. The second kappa shape index (κ2) is 5.57. The fourth-order valence-corrected chi connectivity index (χ4v) is 3.90. The van der Waals surface area contributed by atoms with Crippen LogP contribution < -0.4 is 16.0 Å². The lowest BCUT2D eigenvalue weighted by Crippen LogP contribution is -2.59. The summed E-state index contributed by atoms with van der Waals surface area (Å²) in [6.45, 7) is 1.22. The van der Waals surface area contributed by atoms with E-state index < -0.39 is 0 Å². The number of nitrogens with zero attached hydrogens (tertiary/aromatic N) is 2. The molecule has 0 atom stereocenters. The average molecular weight is 329 g/mol. The van der Waals surface area contributed by atoms with Crippen LogP contribution in [0.3, 0.4) is 0 Å². The molecule has 6 nitrogen and oxygen atoms in total. The highest BCUT2D eigenvalue weighted by molar-refractivity contribution is 5.75. The maximum Gasteiger partial charge on any atom is 0.252 e. The molecule has 0 unspecified atom stereocenters. The molecule has 1 aliphatic carbocycles. The molecular weight excluding hydrogens is 306 g/mol. The quantitative estimate of drug-likeness (QED) is 0.926. The van der Waals surface area contributed by atoms with Gasteiger partial charge < -0.3 is 15.2 Å². The number of ether oxygens (including phenoxy) is 2. The standard InChI is InChI=1S/C18H23N3O3/c1-23-14-4-2-13-3-5-15(22)21(16(13)20-14)11-10-18-8-6-17(19,7-9-18)12-24-18/h2-5H,6-12,19H2,1H3. The highest BCUT2D eigenvalue weighted by Gasteiger charge is 2.47. The largest absolute Gasteiger partial charge is 0.481 e. The van der Waals surface area contributed by atoms with Gasteiger partial charge in [-0.05, 0) is 44.2 Å². The van der Waals surface area contributed by atoms with Gasteiger partial charge in [0.15, 0.2) is 0 Å². The van der Waals surface area contributed by atoms with E-state index in [4.69, 9.17) is 15.2 Å². The molecule has 2 aromatic rings. The van der Waals surface area contributed by atoms with Crippen LogP contribution in [-0.4, -0.2) is 34.4 Å². The van der Waals surface area contributed by atoms with E-state index in [9.17, 15) is 4.79 Å². The Labute approximate surface area is 140 Å². The Kier molecular flexibility index (Phi) is 3.62. The lowest BCUT2D eigenvalue weighted by Gasteiger charge is -2.51. The molecule has 128 valence electrons. The minimum atomic E-state index is -0.137. The second-order valence-corrected chi connectivity index (χ2v) is 7.17. The van der Waals surface area contributed by atoms with Gasteiger partial charge in [0.1, 0.15) is 5.65 Å². The van der Waals surface area contributed by atoms with Crippen molar-refractivity contribution in [1.29, 1.82) is 0 Å². The Morgan fingerprint density at radius 2 is 2.00 bits per heavy atom. The molecule has 24 heavy (non-hydrogen) atoms. The molecule has 1 saturated carbocycles. The molecule has 2 bridgehead atoms. The van der Waals surface area contributed by atoms with Crippen LogP contribution in [-0.2, 0) is 11.3 Å². The molecule has 2 N–H and O–H groups in total. The molecule has 2 saturated heterocycles. The van der Waals surface area contributed by atoms with Gasteiger partial charge in [-0.15, -0.1) is 0 Å². The van der Waals surface area contributed by atoms with E-state index in [2.05, 4.69) is 4.98 Å². The third-order valence-electron chi connectivity index (χ3n) is 5.63. The van der Waals surface area contributed by atoms with Crippen molar-refractivity contribution in [3.05, 3.63) is 34.6 Å². The first-order valence-electron chi connectivity index (χ1n) is 8.50. The number of rotatable bonds is 4. The van der Waals surface area contributed by atoms with Crippen molar-refractivity contribution in [3.8, 4) is 5.88 Å². The SMILES string of the molecule is COc1ccc2ccc(=O)n(CCC34CCC(N)(CC3)CO4)c2n1. The van der Waals surface area contributed by atoms with Crippen LogP contribution in [0.25, 0.3) is 11.0 Å². The first kappa shape index (κ1) is 15.6. The summed E-state index contributed by atoms with van der Waals surface area (Å²) < 4.78 is 13.0. The first-order valence-corrected chi connectivity index (χ1v) is 8.50. The van der Waals surface area contributed by atoms with E-state index >= 15 is 0 Å². The van der Waals surface area contributed by atoms with Crippen molar-refractivity contribution in [2.24, 2.45) is 5.73 Å². The van der Waals surface area contributed by atoms with Crippen LogP contribution in [0.15, 0.2) is 29.1 Å². The number of aromatic nitrogens is 2. The molecule has 4 heterocycles. The smallest absolute Gasteiger partial charge is 0.252 e. The number of aryl methyl sites for hydroxylation is 1. The summed E-state index contributed by atoms with van der Waals surface area (Å²) in [5.41, 5.74) is 6.64. The number of fused-ring (bicyclic) bond motifs is 4. The zero-order valence-electron chi connectivity index (χ0n) is 14.0. The summed E-state index contributed by atoms with van der Waals surface area (Å²) in [5.74, 6) is 0.513. The summed E-state index contributed by atoms with van der Waals surface area (Å²) in [6.07, 6.45) is 4.76. The number of hydrogen-bond acceptors (Lipinski definition) is 5. The number of methoxy groups -OCH3 is 1. The fraction of sp³-hybridized carbons (Fsp3) is 0.556. The molecule has 0 aromatic carbocycles. The number of hydrogen-bond donors (Lipinski definition) is 1. The van der Waals surface area contributed by atoms with Gasteiger partial charge in [-0.3, -0.25) is 9.36 Å². The highest BCUT2D eigenvalue weighted by atomic mass is 16.5. The molecule has 3 aliphatic rings. The van der Waals surface area contributed by atoms with E-state index in [1.54, 1.807) is 23.8 Å². The van der Waals surface area contributed by atoms with Gasteiger partial charge >= 0.3 is 0 Å². The molecular formula is C18H23N3O3. The summed E-state index contributed by atoms with van der Waals surface area (Å²) >= 11 is 0. The van der Waals surface area contributed by atoms with Crippen molar-refractivity contribution >= 4 is 11.0 Å². The van der Waals surface area contributed by atoms with Crippen LogP contribution in [0, 0.1) is 0 Å². The van der Waals surface area contributed by atoms with Gasteiger partial charge in [-0.25, -0.2) is 0 Å². The molecule has 2 aliphatic heterocycles. The highest BCUT2D eigenvalue weighted by Crippen LogP contribution is 2.44. The molecule has 5 rings (SSSR count). The third-order valence-corrected chi connectivity index (χ3v) is 5.63. The minimum absolute atomic E-state index is 0.0422. The van der Waals surface area contributed by atoms with E-state index in [1.165, 1.54) is 0 Å². The van der Waals surface area contributed by atoms with Crippen molar-refractivity contribution in [2.45, 2.75) is 49.8 Å². The van der Waals surface area contributed by atoms with Crippen molar-refractivity contribution in [3.63, 3.8) is 0 Å². The zero-order chi connectivity index (χ0) is 16.8. The average Bonchev–Trinajstić information content (AvgIpc) is 2.62. The topological polar surface area (TPSA) is 79.4 Å². The van der Waals surface area contributed by atoms with Crippen LogP contribution in [0.1, 0.15) is 32.1 Å². The Morgan fingerprint density at radius 1 is 1.25 bits per heavy atom. The van der Waals surface area contributed by atoms with Crippen LogP contribution in [0.2, 0.25) is 0 Å². The van der Waals surface area contributed by atoms with Crippen molar-refractivity contribution in [2.75, 3.05) is 13.7 Å². The van der Waals surface area contributed by atoms with Gasteiger partial charge in [-0.2, -0.15) is 4.98 Å². The molecule has 0 spiro atoms. The normalized spacial score (nSPS) is 29.1. The monoisotopic (exact) mass is 329 g/mol. The maximum atomic E-state index is 12.4. The van der Waals surface area contributed by atoms with Crippen LogP contribution in [0.4, 0.5) is 0 Å². The van der Waals surface area contributed by atoms with Crippen LogP contribution >= 0.6 is 0 Å². The van der Waals surface area contributed by atoms with E-state index in [0.717, 1.165) is 37.5 Å². The van der Waals surface area contributed by atoms with Crippen LogP contribution in [0.5, 0.6) is 5.88 Å². The van der Waals surface area contributed by atoms with E-state index in [0.29, 0.717) is 24.7 Å². The van der Waals surface area contributed by atoms with Gasteiger partial charge in [0, 0.05) is 29.6 Å². The van der Waals surface area contributed by atoms with Crippen molar-refractivity contribution < 1.29 is 9.47 Å². The Morgan fingerprint density at radius 3 is 2.67 bits per heavy atom. The maximum absolute atomic E-state index is 12.4. The van der Waals surface area contributed by atoms with Gasteiger partial charge in [0.05, 0.1) is 19.3 Å². The fourth-order valence-electron chi connectivity index (χ4n) is 3.90.